The van der Waals surface area contributed by atoms with Crippen LogP contribution in [0.25, 0.3) is 6.08 Å². The van der Waals surface area contributed by atoms with Crippen LogP contribution in [0.4, 0.5) is 5.69 Å². The van der Waals surface area contributed by atoms with Crippen molar-refractivity contribution in [2.24, 2.45) is 4.99 Å². The van der Waals surface area contributed by atoms with Gasteiger partial charge in [0.05, 0.1) is 26.2 Å². The molecule has 1 aliphatic heterocycles. The fourth-order valence-corrected chi connectivity index (χ4v) is 7.03. The number of nitrogens with one attached hydrogen (secondary N) is 1. The van der Waals surface area contributed by atoms with Crippen LogP contribution in [0.1, 0.15) is 35.2 Å². The lowest BCUT2D eigenvalue weighted by Crippen LogP contribution is -2.42. The van der Waals surface area contributed by atoms with E-state index in [1.165, 1.54) is 29.2 Å². The number of allylic oxidation sites excluding steroid dienone is 4. The van der Waals surface area contributed by atoms with Gasteiger partial charge in [0.1, 0.15) is 12.2 Å². The van der Waals surface area contributed by atoms with Crippen LogP contribution in [0, 0.1) is 10.1 Å². The molecule has 0 bridgehead atoms. The lowest BCUT2D eigenvalue weighted by Gasteiger charge is -2.28. The number of amidine groups is 1. The molecule has 1 aliphatic rings. The third-order valence-corrected chi connectivity index (χ3v) is 9.58. The third kappa shape index (κ3) is 9.86. The van der Waals surface area contributed by atoms with Crippen LogP contribution in [0.5, 0.6) is 5.75 Å². The minimum absolute atomic E-state index is 0.0367. The first kappa shape index (κ1) is 38.7. The molecular weight excluding hydrogens is 780 g/mol. The molecule has 268 valence electrons. The number of nitro groups is 1. The molecule has 1 heterocycles. The maximum Gasteiger partial charge on any atom is 0.285 e. The highest BCUT2D eigenvalue weighted by Gasteiger charge is 2.35. The highest BCUT2D eigenvalue weighted by Crippen LogP contribution is 2.36. The van der Waals surface area contributed by atoms with E-state index in [1.807, 2.05) is 60.7 Å². The van der Waals surface area contributed by atoms with Gasteiger partial charge >= 0.3 is 0 Å². The molecule has 1 N–H and O–H groups in total. The zero-order chi connectivity index (χ0) is 37.9. The minimum atomic E-state index is -0.783. The highest BCUT2D eigenvalue weighted by atomic mass is 79.9. The minimum Gasteiger partial charge on any atom is -0.486 e. The van der Waals surface area contributed by atoms with E-state index in [-0.39, 0.29) is 39.7 Å². The number of hydrogen-bond acceptors (Lipinski definition) is 7. The maximum atomic E-state index is 14.1. The fourth-order valence-electron chi connectivity index (χ4n) is 5.23. The van der Waals surface area contributed by atoms with Gasteiger partial charge in [-0.2, -0.15) is 4.99 Å². The number of halogens is 2. The van der Waals surface area contributed by atoms with Crippen molar-refractivity contribution in [2.75, 3.05) is 5.75 Å². The SMILES string of the molecule is C=C/C=C\C(=C/C)N1C(=O)/C(=C/c2cc(Cl)c(OCc3ccc([N+](=O)[O-])cc3)c(Br)c2)C(=O)N=C1SCC(=O)NC(c1ccccc1)c1ccccc1. The van der Waals surface area contributed by atoms with Crippen molar-refractivity contribution in [1.82, 2.24) is 10.2 Å². The summed E-state index contributed by atoms with van der Waals surface area (Å²) in [5.41, 5.74) is 3.06. The Kier molecular flexibility index (Phi) is 13.3. The molecule has 13 heteroatoms. The lowest BCUT2D eigenvalue weighted by atomic mass is 9.99. The Balaban J connectivity index is 1.38. The zero-order valence-corrected chi connectivity index (χ0v) is 31.4. The predicted molar refractivity (Wildman–Crippen MR) is 212 cm³/mol. The molecule has 0 spiro atoms. The number of carbonyl (C=O) groups excluding carboxylic acids is 3. The topological polar surface area (TPSA) is 131 Å². The zero-order valence-electron chi connectivity index (χ0n) is 28.3. The molecule has 0 aromatic heterocycles. The number of carbonyl (C=O) groups is 3. The van der Waals surface area contributed by atoms with E-state index in [1.54, 1.807) is 49.4 Å². The van der Waals surface area contributed by atoms with Gasteiger partial charge in [-0.05, 0) is 81.5 Å². The van der Waals surface area contributed by atoms with Crippen LogP contribution >= 0.6 is 39.3 Å². The summed E-state index contributed by atoms with van der Waals surface area (Å²) in [7, 11) is 0. The van der Waals surface area contributed by atoms with Gasteiger partial charge in [-0.3, -0.25) is 29.4 Å². The van der Waals surface area contributed by atoms with Crippen LogP contribution < -0.4 is 10.1 Å². The molecule has 4 aromatic carbocycles. The van der Waals surface area contributed by atoms with Gasteiger partial charge in [0.25, 0.3) is 17.5 Å². The Labute approximate surface area is 323 Å². The van der Waals surface area contributed by atoms with E-state index in [4.69, 9.17) is 16.3 Å². The van der Waals surface area contributed by atoms with Gasteiger partial charge in [-0.25, -0.2) is 0 Å². The molecular formula is C40H32BrClN4O6S. The van der Waals surface area contributed by atoms with E-state index >= 15 is 0 Å². The molecule has 53 heavy (non-hydrogen) atoms. The van der Waals surface area contributed by atoms with Crippen LogP contribution in [-0.2, 0) is 21.0 Å². The lowest BCUT2D eigenvalue weighted by molar-refractivity contribution is -0.384. The summed E-state index contributed by atoms with van der Waals surface area (Å²) in [6.07, 6.45) is 7.93. The molecule has 0 aliphatic carbocycles. The quantitative estimate of drug-likeness (QED) is 0.0469. The van der Waals surface area contributed by atoms with Gasteiger partial charge in [0.15, 0.2) is 10.9 Å². The summed E-state index contributed by atoms with van der Waals surface area (Å²) < 4.78 is 6.33. The average Bonchev–Trinajstić information content (AvgIpc) is 3.16. The van der Waals surface area contributed by atoms with Crippen molar-refractivity contribution in [1.29, 1.82) is 0 Å². The van der Waals surface area contributed by atoms with E-state index in [0.29, 0.717) is 27.0 Å². The fraction of sp³-hybridized carbons (Fsp3) is 0.100. The number of non-ortho nitro benzene ring substituents is 1. The molecule has 5 rings (SSSR count). The molecule has 4 aromatic rings. The largest absolute Gasteiger partial charge is 0.486 e. The molecule has 0 atom stereocenters. The summed E-state index contributed by atoms with van der Waals surface area (Å²) in [4.78, 5) is 57.0. The normalized spacial score (nSPS) is 14.1. The first-order chi connectivity index (χ1) is 25.6. The summed E-state index contributed by atoms with van der Waals surface area (Å²) in [5.74, 6) is -1.58. The Morgan fingerprint density at radius 3 is 2.26 bits per heavy atom. The summed E-state index contributed by atoms with van der Waals surface area (Å²) in [5, 5.41) is 14.3. The summed E-state index contributed by atoms with van der Waals surface area (Å²) in [6, 6.07) is 27.8. The van der Waals surface area contributed by atoms with Gasteiger partial charge in [0, 0.05) is 17.8 Å². The average molecular weight is 812 g/mol. The van der Waals surface area contributed by atoms with Gasteiger partial charge < -0.3 is 10.1 Å². The Hall–Kier alpha value is -5.56. The van der Waals surface area contributed by atoms with E-state index in [2.05, 4.69) is 32.8 Å². The molecule has 0 saturated carbocycles. The first-order valence-electron chi connectivity index (χ1n) is 16.1. The Bertz CT molecular complexity index is 2090. The Morgan fingerprint density at radius 2 is 1.70 bits per heavy atom. The summed E-state index contributed by atoms with van der Waals surface area (Å²) >= 11 is 11.0. The number of benzene rings is 4. The van der Waals surface area contributed by atoms with Gasteiger partial charge in [-0.1, -0.05) is 109 Å². The van der Waals surface area contributed by atoms with E-state index in [9.17, 15) is 24.5 Å². The monoisotopic (exact) mass is 810 g/mol. The third-order valence-electron chi connectivity index (χ3n) is 7.77. The van der Waals surface area contributed by atoms with Gasteiger partial charge in [-0.15, -0.1) is 0 Å². The van der Waals surface area contributed by atoms with Crippen LogP contribution in [-0.4, -0.2) is 38.5 Å². The number of rotatable bonds is 13. The standard InChI is InChI=1S/C40H32BrClN4O6S/c1-3-5-16-30(4-2)45-39(49)32(21-27-22-33(41)37(34(42)23-27)52-24-26-17-19-31(20-18-26)46(50)51)38(48)44-40(45)53-25-35(47)43-36(28-12-8-6-9-13-28)29-14-10-7-11-15-29/h3-23,36H,1,24-25H2,2H3,(H,43,47)/b16-5-,30-4+,32-21+. The molecule has 0 fully saturated rings. The Morgan fingerprint density at radius 1 is 1.06 bits per heavy atom. The second-order valence-corrected chi connectivity index (χ2v) is 13.5. The van der Waals surface area contributed by atoms with Crippen LogP contribution in [0.2, 0.25) is 5.02 Å². The van der Waals surface area contributed by atoms with Crippen molar-refractivity contribution in [3.05, 3.63) is 181 Å². The number of nitrogens with zero attached hydrogens (tertiary/aromatic N) is 3. The van der Waals surface area contributed by atoms with E-state index in [0.717, 1.165) is 22.9 Å². The van der Waals surface area contributed by atoms with Crippen LogP contribution in [0.15, 0.2) is 149 Å². The second-order valence-electron chi connectivity index (χ2n) is 11.3. The number of aliphatic imine (C=N–C) groups is 1. The second kappa shape index (κ2) is 18.3. The molecule has 3 amide bonds. The predicted octanol–water partition coefficient (Wildman–Crippen LogP) is 8.98. The van der Waals surface area contributed by atoms with Crippen molar-refractivity contribution >= 4 is 73.9 Å². The first-order valence-corrected chi connectivity index (χ1v) is 18.3. The van der Waals surface area contributed by atoms with E-state index < -0.39 is 22.8 Å². The maximum absolute atomic E-state index is 14.1. The van der Waals surface area contributed by atoms with Crippen LogP contribution in [0.3, 0.4) is 0 Å². The number of amides is 3. The van der Waals surface area contributed by atoms with Gasteiger partial charge in [0.2, 0.25) is 5.91 Å². The van der Waals surface area contributed by atoms with Crippen molar-refractivity contribution in [3.63, 3.8) is 0 Å². The number of nitro benzene ring substituents is 1. The smallest absolute Gasteiger partial charge is 0.285 e. The molecule has 10 nitrogen and oxygen atoms in total. The molecule has 0 radical (unpaired) electrons. The number of hydrogen-bond donors (Lipinski definition) is 1. The highest BCUT2D eigenvalue weighted by molar-refractivity contribution is 9.10. The molecule has 0 unspecified atom stereocenters. The molecule has 0 saturated heterocycles. The van der Waals surface area contributed by atoms with Crippen molar-refractivity contribution < 1.29 is 24.0 Å². The number of ether oxygens (including phenoxy) is 1. The van der Waals surface area contributed by atoms with Crippen molar-refractivity contribution in [3.8, 4) is 5.75 Å². The number of thioether (sulfide) groups is 1. The van der Waals surface area contributed by atoms with Crippen molar-refractivity contribution in [2.45, 2.75) is 19.6 Å². The summed E-state index contributed by atoms with van der Waals surface area (Å²) in [6.45, 7) is 5.53.